The third-order valence-electron chi connectivity index (χ3n) is 3.08. The molecule has 0 saturated carbocycles. The van der Waals surface area contributed by atoms with E-state index in [-0.39, 0.29) is 11.9 Å². The Bertz CT molecular complexity index is 458. The number of ether oxygens (including phenoxy) is 1. The molecule has 1 fully saturated rings. The standard InChI is InChI=1S/C13H14ClNO3/c1-18-13(17)11-3-2-8-15(11)12(16)9-4-6-10(14)7-5-9/h4-7,11H,2-3,8H2,1H3. The molecule has 0 spiro atoms. The number of esters is 1. The number of benzene rings is 1. The molecule has 18 heavy (non-hydrogen) atoms. The van der Waals surface area contributed by atoms with Gasteiger partial charge in [-0.1, -0.05) is 11.6 Å². The van der Waals surface area contributed by atoms with E-state index in [1.165, 1.54) is 7.11 Å². The van der Waals surface area contributed by atoms with Gasteiger partial charge in [0, 0.05) is 17.1 Å². The Balaban J connectivity index is 2.17. The predicted octanol–water partition coefficient (Wildman–Crippen LogP) is 2.12. The van der Waals surface area contributed by atoms with Gasteiger partial charge in [-0.3, -0.25) is 4.79 Å². The van der Waals surface area contributed by atoms with E-state index in [0.29, 0.717) is 23.6 Å². The van der Waals surface area contributed by atoms with Crippen LogP contribution in [0.3, 0.4) is 0 Å². The van der Waals surface area contributed by atoms with E-state index in [1.807, 2.05) is 0 Å². The van der Waals surface area contributed by atoms with E-state index >= 15 is 0 Å². The lowest BCUT2D eigenvalue weighted by atomic mass is 10.1. The number of nitrogens with zero attached hydrogens (tertiary/aromatic N) is 1. The van der Waals surface area contributed by atoms with Gasteiger partial charge in [-0.25, -0.2) is 4.79 Å². The number of hydrogen-bond acceptors (Lipinski definition) is 3. The van der Waals surface area contributed by atoms with E-state index in [1.54, 1.807) is 29.2 Å². The van der Waals surface area contributed by atoms with Crippen LogP contribution in [-0.2, 0) is 9.53 Å². The van der Waals surface area contributed by atoms with Crippen molar-refractivity contribution in [1.29, 1.82) is 0 Å². The highest BCUT2D eigenvalue weighted by Crippen LogP contribution is 2.21. The van der Waals surface area contributed by atoms with Gasteiger partial charge in [-0.15, -0.1) is 0 Å². The zero-order valence-corrected chi connectivity index (χ0v) is 10.8. The van der Waals surface area contributed by atoms with Crippen LogP contribution in [0.4, 0.5) is 0 Å². The summed E-state index contributed by atoms with van der Waals surface area (Å²) in [4.78, 5) is 25.4. The number of carbonyl (C=O) groups excluding carboxylic acids is 2. The van der Waals surface area contributed by atoms with Crippen LogP contribution in [0.15, 0.2) is 24.3 Å². The SMILES string of the molecule is COC(=O)C1CCCN1C(=O)c1ccc(Cl)cc1. The second kappa shape index (κ2) is 5.40. The lowest BCUT2D eigenvalue weighted by Crippen LogP contribution is -2.41. The van der Waals surface area contributed by atoms with E-state index in [9.17, 15) is 9.59 Å². The summed E-state index contributed by atoms with van der Waals surface area (Å²) in [5.41, 5.74) is 0.537. The monoisotopic (exact) mass is 267 g/mol. The summed E-state index contributed by atoms with van der Waals surface area (Å²) in [7, 11) is 1.34. The summed E-state index contributed by atoms with van der Waals surface area (Å²) < 4.78 is 4.72. The molecule has 4 nitrogen and oxygen atoms in total. The number of carbonyl (C=O) groups is 2. The highest BCUT2D eigenvalue weighted by Gasteiger charge is 2.35. The Hall–Kier alpha value is -1.55. The summed E-state index contributed by atoms with van der Waals surface area (Å²) in [5.74, 6) is -0.505. The zero-order chi connectivity index (χ0) is 13.1. The molecule has 96 valence electrons. The van der Waals surface area contributed by atoms with Crippen molar-refractivity contribution in [3.05, 3.63) is 34.9 Å². The first-order valence-electron chi connectivity index (χ1n) is 5.78. The smallest absolute Gasteiger partial charge is 0.328 e. The Labute approximate surface area is 110 Å². The van der Waals surface area contributed by atoms with Gasteiger partial charge in [-0.05, 0) is 37.1 Å². The van der Waals surface area contributed by atoms with Gasteiger partial charge in [0.25, 0.3) is 5.91 Å². The topological polar surface area (TPSA) is 46.6 Å². The molecule has 1 unspecified atom stereocenters. The van der Waals surface area contributed by atoms with Crippen LogP contribution in [0.2, 0.25) is 5.02 Å². The number of hydrogen-bond donors (Lipinski definition) is 0. The molecule has 1 atom stereocenters. The molecule has 1 saturated heterocycles. The lowest BCUT2D eigenvalue weighted by molar-refractivity contribution is -0.145. The summed E-state index contributed by atoms with van der Waals surface area (Å²) in [6.45, 7) is 0.585. The maximum Gasteiger partial charge on any atom is 0.328 e. The van der Waals surface area contributed by atoms with Crippen molar-refractivity contribution < 1.29 is 14.3 Å². The van der Waals surface area contributed by atoms with Crippen molar-refractivity contribution in [2.45, 2.75) is 18.9 Å². The highest BCUT2D eigenvalue weighted by atomic mass is 35.5. The average molecular weight is 268 g/mol. The maximum atomic E-state index is 12.3. The molecule has 0 aliphatic carbocycles. The van der Waals surface area contributed by atoms with Crippen LogP contribution in [0.1, 0.15) is 23.2 Å². The van der Waals surface area contributed by atoms with E-state index < -0.39 is 6.04 Å². The van der Waals surface area contributed by atoms with Crippen LogP contribution in [0.5, 0.6) is 0 Å². The van der Waals surface area contributed by atoms with Gasteiger partial charge in [0.05, 0.1) is 7.11 Å². The Morgan fingerprint density at radius 1 is 1.33 bits per heavy atom. The fourth-order valence-electron chi connectivity index (χ4n) is 2.15. The molecule has 1 amide bonds. The van der Waals surface area contributed by atoms with Gasteiger partial charge in [0.1, 0.15) is 6.04 Å². The number of amides is 1. The van der Waals surface area contributed by atoms with Crippen molar-refractivity contribution in [2.75, 3.05) is 13.7 Å². The predicted molar refractivity (Wildman–Crippen MR) is 67.5 cm³/mol. The Kier molecular flexibility index (Phi) is 3.87. The molecule has 1 aromatic rings. The van der Waals surface area contributed by atoms with Crippen LogP contribution in [0, 0.1) is 0 Å². The van der Waals surface area contributed by atoms with E-state index in [0.717, 1.165) is 6.42 Å². The molecule has 0 radical (unpaired) electrons. The number of halogens is 1. The third kappa shape index (κ3) is 2.48. The first kappa shape index (κ1) is 12.9. The molecule has 1 aliphatic rings. The highest BCUT2D eigenvalue weighted by molar-refractivity contribution is 6.30. The van der Waals surface area contributed by atoms with Crippen LogP contribution >= 0.6 is 11.6 Å². The van der Waals surface area contributed by atoms with Gasteiger partial charge in [0.2, 0.25) is 0 Å². The number of methoxy groups -OCH3 is 1. The van der Waals surface area contributed by atoms with Gasteiger partial charge < -0.3 is 9.64 Å². The third-order valence-corrected chi connectivity index (χ3v) is 3.33. The van der Waals surface area contributed by atoms with Crippen LogP contribution in [-0.4, -0.2) is 36.5 Å². The molecular weight excluding hydrogens is 254 g/mol. The molecule has 0 aromatic heterocycles. The van der Waals surface area contributed by atoms with Gasteiger partial charge >= 0.3 is 5.97 Å². The number of rotatable bonds is 2. The van der Waals surface area contributed by atoms with Gasteiger partial charge in [0.15, 0.2) is 0 Å². The average Bonchev–Trinajstić information content (AvgIpc) is 2.87. The normalized spacial score (nSPS) is 18.8. The molecule has 1 aromatic carbocycles. The molecular formula is C13H14ClNO3. The second-order valence-electron chi connectivity index (χ2n) is 4.19. The van der Waals surface area contributed by atoms with Crippen molar-refractivity contribution in [3.8, 4) is 0 Å². The van der Waals surface area contributed by atoms with Crippen molar-refractivity contribution in [1.82, 2.24) is 4.90 Å². The molecule has 5 heteroatoms. The maximum absolute atomic E-state index is 12.3. The van der Waals surface area contributed by atoms with E-state index in [4.69, 9.17) is 16.3 Å². The summed E-state index contributed by atoms with van der Waals surface area (Å²) in [6, 6.07) is 6.20. The number of likely N-dealkylation sites (tertiary alicyclic amines) is 1. The molecule has 0 bridgehead atoms. The van der Waals surface area contributed by atoms with Gasteiger partial charge in [-0.2, -0.15) is 0 Å². The zero-order valence-electron chi connectivity index (χ0n) is 10.1. The molecule has 1 aliphatic heterocycles. The fourth-order valence-corrected chi connectivity index (χ4v) is 2.28. The van der Waals surface area contributed by atoms with Crippen LogP contribution in [0.25, 0.3) is 0 Å². The largest absolute Gasteiger partial charge is 0.467 e. The summed E-state index contributed by atoms with van der Waals surface area (Å²) in [6.07, 6.45) is 1.48. The first-order chi connectivity index (χ1) is 8.63. The molecule has 0 N–H and O–H groups in total. The quantitative estimate of drug-likeness (QED) is 0.771. The first-order valence-corrected chi connectivity index (χ1v) is 6.15. The van der Waals surface area contributed by atoms with Crippen molar-refractivity contribution in [2.24, 2.45) is 0 Å². The second-order valence-corrected chi connectivity index (χ2v) is 4.62. The van der Waals surface area contributed by atoms with Crippen molar-refractivity contribution >= 4 is 23.5 Å². The lowest BCUT2D eigenvalue weighted by Gasteiger charge is -2.22. The summed E-state index contributed by atoms with van der Waals surface area (Å²) >= 11 is 5.78. The minimum atomic E-state index is -0.460. The minimum absolute atomic E-state index is 0.153. The van der Waals surface area contributed by atoms with Crippen LogP contribution < -0.4 is 0 Å². The molecule has 2 rings (SSSR count). The Morgan fingerprint density at radius 3 is 2.61 bits per heavy atom. The summed E-state index contributed by atoms with van der Waals surface area (Å²) in [5, 5.41) is 0.581. The fraction of sp³-hybridized carbons (Fsp3) is 0.385. The molecule has 1 heterocycles. The van der Waals surface area contributed by atoms with Crippen molar-refractivity contribution in [3.63, 3.8) is 0 Å². The van der Waals surface area contributed by atoms with E-state index in [2.05, 4.69) is 0 Å². The minimum Gasteiger partial charge on any atom is -0.467 e. The Morgan fingerprint density at radius 2 is 2.00 bits per heavy atom.